The highest BCUT2D eigenvalue weighted by Crippen LogP contribution is 2.41. The molecule has 0 bridgehead atoms. The number of terminal acetylenes is 1. The van der Waals surface area contributed by atoms with Gasteiger partial charge in [0.25, 0.3) is 5.91 Å². The predicted molar refractivity (Wildman–Crippen MR) is 132 cm³/mol. The fourth-order valence-corrected chi connectivity index (χ4v) is 4.36. The van der Waals surface area contributed by atoms with Crippen molar-refractivity contribution in [1.82, 2.24) is 9.88 Å². The Labute approximate surface area is 187 Å². The van der Waals surface area contributed by atoms with Crippen LogP contribution in [0.2, 0.25) is 0 Å². The Morgan fingerprint density at radius 1 is 1.06 bits per heavy atom. The number of H-pyrrole nitrogens is 1. The molecule has 3 heteroatoms. The Bertz CT molecular complexity index is 997. The summed E-state index contributed by atoms with van der Waals surface area (Å²) in [4.78, 5) is 18.3. The summed E-state index contributed by atoms with van der Waals surface area (Å²) in [7, 11) is 0. The Balaban J connectivity index is 0.000000807. The minimum Gasteiger partial charge on any atom is -0.356 e. The lowest BCUT2D eigenvalue weighted by Crippen LogP contribution is -2.47. The molecule has 0 saturated heterocycles. The lowest BCUT2D eigenvalue weighted by Gasteiger charge is -2.41. The van der Waals surface area contributed by atoms with Crippen LogP contribution in [0.3, 0.4) is 0 Å². The van der Waals surface area contributed by atoms with Crippen molar-refractivity contribution in [3.05, 3.63) is 71.4 Å². The molecule has 0 radical (unpaired) electrons. The maximum absolute atomic E-state index is 12.8. The molecule has 1 aliphatic rings. The van der Waals surface area contributed by atoms with E-state index in [4.69, 9.17) is 6.42 Å². The van der Waals surface area contributed by atoms with Gasteiger partial charge in [0, 0.05) is 22.6 Å². The average molecular weight is 417 g/mol. The molecular formula is C28H36N2O. The number of fused-ring (bicyclic) bond motifs is 3. The van der Waals surface area contributed by atoms with Gasteiger partial charge in [0.15, 0.2) is 0 Å². The first-order valence-corrected chi connectivity index (χ1v) is 11.7. The number of aromatic amines is 1. The third kappa shape index (κ3) is 5.02. The maximum Gasteiger partial charge on any atom is 0.299 e. The van der Waals surface area contributed by atoms with Crippen LogP contribution in [0.4, 0.5) is 0 Å². The second-order valence-corrected chi connectivity index (χ2v) is 7.23. The van der Waals surface area contributed by atoms with Crippen LogP contribution in [0.5, 0.6) is 0 Å². The number of nitrogens with zero attached hydrogens (tertiary/aromatic N) is 1. The molecule has 0 spiro atoms. The van der Waals surface area contributed by atoms with Crippen LogP contribution in [0.15, 0.2) is 54.6 Å². The topological polar surface area (TPSA) is 36.1 Å². The average Bonchev–Trinajstić information content (AvgIpc) is 3.22. The number of para-hydroxylation sites is 1. The Hall–Kier alpha value is -2.99. The van der Waals surface area contributed by atoms with Crippen molar-refractivity contribution in [3.63, 3.8) is 0 Å². The summed E-state index contributed by atoms with van der Waals surface area (Å²) in [6.07, 6.45) is 9.57. The second-order valence-electron chi connectivity index (χ2n) is 7.23. The molecule has 2 aromatic carbocycles. The summed E-state index contributed by atoms with van der Waals surface area (Å²) < 4.78 is 0. The molecule has 1 aromatic heterocycles. The van der Waals surface area contributed by atoms with Gasteiger partial charge in [-0.15, -0.1) is 6.42 Å². The van der Waals surface area contributed by atoms with Gasteiger partial charge in [-0.2, -0.15) is 0 Å². The highest BCUT2D eigenvalue weighted by molar-refractivity contribution is 5.94. The van der Waals surface area contributed by atoms with Gasteiger partial charge in [-0.1, -0.05) is 96.0 Å². The van der Waals surface area contributed by atoms with Crippen LogP contribution in [0.1, 0.15) is 76.7 Å². The zero-order valence-corrected chi connectivity index (χ0v) is 19.6. The first kappa shape index (κ1) is 24.3. The van der Waals surface area contributed by atoms with Crippen molar-refractivity contribution >= 4 is 16.8 Å². The molecule has 2 heterocycles. The normalized spacial score (nSPS) is 16.8. The van der Waals surface area contributed by atoms with E-state index in [1.54, 1.807) is 0 Å². The molecule has 0 saturated carbocycles. The third-order valence-electron chi connectivity index (χ3n) is 5.60. The smallest absolute Gasteiger partial charge is 0.299 e. The van der Waals surface area contributed by atoms with Crippen LogP contribution in [-0.4, -0.2) is 21.8 Å². The summed E-state index contributed by atoms with van der Waals surface area (Å²) in [5.41, 5.74) is 4.63. The van der Waals surface area contributed by atoms with Crippen LogP contribution < -0.4 is 0 Å². The maximum atomic E-state index is 12.8. The van der Waals surface area contributed by atoms with E-state index in [0.29, 0.717) is 0 Å². The fourth-order valence-electron chi connectivity index (χ4n) is 4.36. The van der Waals surface area contributed by atoms with E-state index < -0.39 is 0 Å². The largest absolute Gasteiger partial charge is 0.356 e. The number of amides is 1. The fraction of sp³-hybridized carbons (Fsp3) is 0.393. The Morgan fingerprint density at radius 3 is 2.35 bits per heavy atom. The van der Waals surface area contributed by atoms with Crippen molar-refractivity contribution in [3.8, 4) is 12.3 Å². The van der Waals surface area contributed by atoms with Crippen molar-refractivity contribution in [2.45, 2.75) is 72.4 Å². The van der Waals surface area contributed by atoms with E-state index in [1.165, 1.54) is 10.9 Å². The van der Waals surface area contributed by atoms with Crippen LogP contribution in [0, 0.1) is 12.3 Å². The van der Waals surface area contributed by atoms with Gasteiger partial charge in [-0.3, -0.25) is 4.79 Å². The number of hydrogen-bond donors (Lipinski definition) is 1. The minimum absolute atomic E-state index is 0.116. The first-order chi connectivity index (χ1) is 15.2. The molecule has 1 N–H and O–H groups in total. The number of rotatable bonds is 4. The molecule has 3 nitrogen and oxygen atoms in total. The molecule has 1 aliphatic heterocycles. The summed E-state index contributed by atoms with van der Waals surface area (Å²) in [6, 6.07) is 18.5. The molecule has 0 aliphatic carbocycles. The van der Waals surface area contributed by atoms with Gasteiger partial charge < -0.3 is 9.88 Å². The number of hydrogen-bond acceptors (Lipinski definition) is 1. The van der Waals surface area contributed by atoms with E-state index in [2.05, 4.69) is 48.2 Å². The molecule has 0 unspecified atom stereocenters. The van der Waals surface area contributed by atoms with Crippen LogP contribution in [0.25, 0.3) is 10.9 Å². The summed E-state index contributed by atoms with van der Waals surface area (Å²) in [6.45, 7) is 10.2. The van der Waals surface area contributed by atoms with E-state index >= 15 is 0 Å². The zero-order chi connectivity index (χ0) is 22.8. The third-order valence-corrected chi connectivity index (χ3v) is 5.60. The van der Waals surface area contributed by atoms with E-state index in [9.17, 15) is 4.79 Å². The van der Waals surface area contributed by atoms with Crippen molar-refractivity contribution in [1.29, 1.82) is 0 Å². The van der Waals surface area contributed by atoms with Crippen molar-refractivity contribution in [2.24, 2.45) is 0 Å². The predicted octanol–water partition coefficient (Wildman–Crippen LogP) is 6.89. The highest BCUT2D eigenvalue weighted by atomic mass is 16.2. The minimum atomic E-state index is -0.228. The van der Waals surface area contributed by atoms with Crippen molar-refractivity contribution in [2.75, 3.05) is 0 Å². The monoisotopic (exact) mass is 416 g/mol. The molecule has 1 amide bonds. The van der Waals surface area contributed by atoms with Gasteiger partial charge in [0.2, 0.25) is 0 Å². The summed E-state index contributed by atoms with van der Waals surface area (Å²) in [5, 5.41) is 1.25. The van der Waals surface area contributed by atoms with Gasteiger partial charge in [-0.25, -0.2) is 0 Å². The van der Waals surface area contributed by atoms with Gasteiger partial charge >= 0.3 is 0 Å². The quantitative estimate of drug-likeness (QED) is 0.462. The standard InChI is InChI=1S/C24H24N2O.2C2H6/c1-3-5-13-18-16-20-19-14-9-10-15-21(19)25-23(20)24(26(18)22(27)4-2)17-11-7-6-8-12-17;2*1-2/h2,6-12,14-15,18,24-25H,3,5,13,16H2,1H3;2*1-2H3/t18-,24-;;/m0../s1. The second kappa shape index (κ2) is 12.0. The van der Waals surface area contributed by atoms with E-state index in [-0.39, 0.29) is 18.0 Å². The first-order valence-electron chi connectivity index (χ1n) is 11.7. The van der Waals surface area contributed by atoms with E-state index in [1.807, 2.05) is 56.9 Å². The number of carbonyl (C=O) groups excluding carboxylic acids is 1. The SMILES string of the molecule is C#CC(=O)N1[C@@H](CCCC)Cc2c([nH]c3ccccc23)[C@@H]1c1ccccc1.CC.CC. The molecule has 31 heavy (non-hydrogen) atoms. The Kier molecular flexibility index (Phi) is 9.40. The van der Waals surface area contributed by atoms with Crippen LogP contribution >= 0.6 is 0 Å². The molecule has 164 valence electrons. The highest BCUT2D eigenvalue weighted by Gasteiger charge is 2.39. The summed E-state index contributed by atoms with van der Waals surface area (Å²) in [5.74, 6) is 2.15. The molecule has 2 atom stereocenters. The number of aromatic nitrogens is 1. The molecule has 4 rings (SSSR count). The van der Waals surface area contributed by atoms with Gasteiger partial charge in [0.05, 0.1) is 6.04 Å². The number of carbonyl (C=O) groups is 1. The molecule has 0 fully saturated rings. The van der Waals surface area contributed by atoms with Crippen LogP contribution in [-0.2, 0) is 11.2 Å². The van der Waals surface area contributed by atoms with Gasteiger partial charge in [0.1, 0.15) is 0 Å². The molecular weight excluding hydrogens is 380 g/mol. The van der Waals surface area contributed by atoms with E-state index in [0.717, 1.165) is 42.5 Å². The molecule has 3 aromatic rings. The lowest BCUT2D eigenvalue weighted by atomic mass is 9.86. The van der Waals surface area contributed by atoms with Crippen molar-refractivity contribution < 1.29 is 4.79 Å². The number of nitrogens with one attached hydrogen (secondary N) is 1. The summed E-state index contributed by atoms with van der Waals surface area (Å²) >= 11 is 0. The Morgan fingerprint density at radius 2 is 1.71 bits per heavy atom. The van der Waals surface area contributed by atoms with Gasteiger partial charge in [-0.05, 0) is 36.0 Å². The number of unbranched alkanes of at least 4 members (excludes halogenated alkanes) is 1. The zero-order valence-electron chi connectivity index (χ0n) is 19.6. The number of benzene rings is 2. The lowest BCUT2D eigenvalue weighted by molar-refractivity contribution is -0.130.